The van der Waals surface area contributed by atoms with Gasteiger partial charge in [-0.2, -0.15) is 0 Å². The van der Waals surface area contributed by atoms with Crippen LogP contribution in [0.3, 0.4) is 0 Å². The van der Waals surface area contributed by atoms with Gasteiger partial charge in [0, 0.05) is 11.9 Å². The molecule has 0 radical (unpaired) electrons. The van der Waals surface area contributed by atoms with Crippen molar-refractivity contribution in [3.8, 4) is 5.75 Å². The molecule has 2 rings (SSSR count). The minimum Gasteiger partial charge on any atom is -0.494 e. The van der Waals surface area contributed by atoms with E-state index in [0.717, 1.165) is 6.20 Å². The number of carbonyl (C=O) groups is 2. The van der Waals surface area contributed by atoms with E-state index >= 15 is 0 Å². The van der Waals surface area contributed by atoms with Crippen LogP contribution in [0.15, 0.2) is 40.1 Å². The number of ether oxygens (including phenoxy) is 2. The van der Waals surface area contributed by atoms with Gasteiger partial charge in [-0.25, -0.2) is 9.59 Å². The number of aromatic nitrogens is 2. The van der Waals surface area contributed by atoms with Gasteiger partial charge in [-0.3, -0.25) is 14.6 Å². The van der Waals surface area contributed by atoms with Crippen LogP contribution in [-0.2, 0) is 9.53 Å². The molecule has 0 aliphatic rings. The average Bonchev–Trinajstić information content (AvgIpc) is 2.55. The van der Waals surface area contributed by atoms with Crippen molar-refractivity contribution in [1.82, 2.24) is 9.97 Å². The maximum Gasteiger partial charge on any atom is 0.345 e. The van der Waals surface area contributed by atoms with Gasteiger partial charge in [-0.05, 0) is 31.2 Å². The van der Waals surface area contributed by atoms with Crippen LogP contribution in [0.4, 0.5) is 5.69 Å². The summed E-state index contributed by atoms with van der Waals surface area (Å²) in [7, 11) is 0. The average molecular weight is 333 g/mol. The zero-order valence-corrected chi connectivity index (χ0v) is 12.8. The topological polar surface area (TPSA) is 130 Å². The number of rotatable bonds is 6. The molecule has 0 atom stereocenters. The van der Waals surface area contributed by atoms with Gasteiger partial charge in [-0.1, -0.05) is 0 Å². The van der Waals surface area contributed by atoms with Crippen LogP contribution in [-0.4, -0.2) is 35.1 Å². The SMILES string of the molecule is CCOc1ccc(NC(=O)COC(=O)c2c[nH]c(=O)[nH]c2=O)cc1. The van der Waals surface area contributed by atoms with Crippen molar-refractivity contribution < 1.29 is 19.1 Å². The third-order valence-electron chi connectivity index (χ3n) is 2.82. The largest absolute Gasteiger partial charge is 0.494 e. The summed E-state index contributed by atoms with van der Waals surface area (Å²) in [5.74, 6) is -0.929. The van der Waals surface area contributed by atoms with Crippen molar-refractivity contribution in [2.45, 2.75) is 6.92 Å². The summed E-state index contributed by atoms with van der Waals surface area (Å²) in [5.41, 5.74) is -1.54. The quantitative estimate of drug-likeness (QED) is 0.650. The Morgan fingerprint density at radius 3 is 2.50 bits per heavy atom. The molecule has 9 nitrogen and oxygen atoms in total. The highest BCUT2D eigenvalue weighted by Gasteiger charge is 2.14. The molecule has 0 aliphatic carbocycles. The van der Waals surface area contributed by atoms with Gasteiger partial charge >= 0.3 is 11.7 Å². The van der Waals surface area contributed by atoms with Crippen molar-refractivity contribution in [3.05, 3.63) is 56.9 Å². The number of hydrogen-bond donors (Lipinski definition) is 3. The van der Waals surface area contributed by atoms with E-state index in [2.05, 4.69) is 10.3 Å². The van der Waals surface area contributed by atoms with E-state index in [1.807, 2.05) is 11.9 Å². The van der Waals surface area contributed by atoms with Crippen LogP contribution in [0.25, 0.3) is 0 Å². The number of benzene rings is 1. The first-order chi connectivity index (χ1) is 11.5. The van der Waals surface area contributed by atoms with Crippen LogP contribution >= 0.6 is 0 Å². The lowest BCUT2D eigenvalue weighted by molar-refractivity contribution is -0.119. The maximum atomic E-state index is 11.7. The first-order valence-electron chi connectivity index (χ1n) is 7.01. The standard InChI is InChI=1S/C15H15N3O6/c1-2-23-10-5-3-9(4-6-10)17-12(19)8-24-14(21)11-7-16-15(22)18-13(11)20/h3-7H,2,8H2,1H3,(H,17,19)(H2,16,18,20,22). The van der Waals surface area contributed by atoms with Gasteiger partial charge in [-0.15, -0.1) is 0 Å². The summed E-state index contributed by atoms with van der Waals surface area (Å²) in [4.78, 5) is 49.7. The smallest absolute Gasteiger partial charge is 0.345 e. The summed E-state index contributed by atoms with van der Waals surface area (Å²) in [6.45, 7) is 1.81. The first kappa shape index (κ1) is 17.0. The Kier molecular flexibility index (Phi) is 5.50. The van der Waals surface area contributed by atoms with Gasteiger partial charge in [0.15, 0.2) is 6.61 Å². The summed E-state index contributed by atoms with van der Waals surface area (Å²) in [6.07, 6.45) is 0.924. The predicted octanol–water partition coefficient (Wildman–Crippen LogP) is 0.257. The number of nitrogens with one attached hydrogen (secondary N) is 3. The Morgan fingerprint density at radius 1 is 1.17 bits per heavy atom. The number of amides is 1. The van der Waals surface area contributed by atoms with Gasteiger partial charge < -0.3 is 19.8 Å². The number of esters is 1. The normalized spacial score (nSPS) is 10.0. The van der Waals surface area contributed by atoms with E-state index in [9.17, 15) is 19.2 Å². The van der Waals surface area contributed by atoms with Crippen molar-refractivity contribution in [3.63, 3.8) is 0 Å². The molecule has 0 saturated heterocycles. The van der Waals surface area contributed by atoms with Gasteiger partial charge in [0.05, 0.1) is 6.61 Å². The minimum absolute atomic E-state index is 0.400. The fraction of sp³-hybridized carbons (Fsp3) is 0.200. The van der Waals surface area contributed by atoms with Crippen LogP contribution in [0, 0.1) is 0 Å². The summed E-state index contributed by atoms with van der Waals surface area (Å²) < 4.78 is 10.0. The number of anilines is 1. The molecule has 1 aromatic heterocycles. The molecule has 1 heterocycles. The molecule has 2 aromatic rings. The Labute approximate surface area is 135 Å². The first-order valence-corrected chi connectivity index (χ1v) is 7.01. The van der Waals surface area contributed by atoms with Crippen LogP contribution < -0.4 is 21.3 Å². The van der Waals surface area contributed by atoms with E-state index in [1.165, 1.54) is 0 Å². The molecule has 0 unspecified atom stereocenters. The number of aromatic amines is 2. The molecule has 24 heavy (non-hydrogen) atoms. The second-order valence-electron chi connectivity index (χ2n) is 4.57. The number of H-pyrrole nitrogens is 2. The van der Waals surface area contributed by atoms with Gasteiger partial charge in [0.1, 0.15) is 11.3 Å². The lowest BCUT2D eigenvalue weighted by Crippen LogP contribution is -2.29. The molecule has 0 spiro atoms. The predicted molar refractivity (Wildman–Crippen MR) is 84.2 cm³/mol. The van der Waals surface area contributed by atoms with Crippen molar-refractivity contribution in [2.75, 3.05) is 18.5 Å². The molecular weight excluding hydrogens is 318 g/mol. The monoisotopic (exact) mass is 333 g/mol. The van der Waals surface area contributed by atoms with Crippen LogP contribution in [0.1, 0.15) is 17.3 Å². The Bertz CT molecular complexity index is 837. The fourth-order valence-electron chi connectivity index (χ4n) is 1.77. The van der Waals surface area contributed by atoms with E-state index in [0.29, 0.717) is 18.0 Å². The van der Waals surface area contributed by atoms with E-state index in [4.69, 9.17) is 9.47 Å². The van der Waals surface area contributed by atoms with E-state index in [1.54, 1.807) is 24.3 Å². The molecule has 0 aliphatic heterocycles. The number of carbonyl (C=O) groups excluding carboxylic acids is 2. The molecule has 9 heteroatoms. The zero-order valence-electron chi connectivity index (χ0n) is 12.8. The second kappa shape index (κ2) is 7.77. The molecule has 3 N–H and O–H groups in total. The fourth-order valence-corrected chi connectivity index (χ4v) is 1.77. The molecule has 0 bridgehead atoms. The van der Waals surface area contributed by atoms with Crippen molar-refractivity contribution in [1.29, 1.82) is 0 Å². The third-order valence-corrected chi connectivity index (χ3v) is 2.82. The Balaban J connectivity index is 1.89. The molecule has 1 amide bonds. The third kappa shape index (κ3) is 4.57. The highest BCUT2D eigenvalue weighted by Crippen LogP contribution is 2.15. The Hall–Kier alpha value is -3.36. The van der Waals surface area contributed by atoms with E-state index in [-0.39, 0.29) is 0 Å². The molecule has 126 valence electrons. The number of hydrogen-bond acceptors (Lipinski definition) is 6. The molecular formula is C15H15N3O6. The minimum atomic E-state index is -1.02. The van der Waals surface area contributed by atoms with Crippen LogP contribution in [0.2, 0.25) is 0 Å². The van der Waals surface area contributed by atoms with Gasteiger partial charge in [0.25, 0.3) is 11.5 Å². The molecule has 0 fully saturated rings. The summed E-state index contributed by atoms with van der Waals surface area (Å²) >= 11 is 0. The highest BCUT2D eigenvalue weighted by atomic mass is 16.5. The Morgan fingerprint density at radius 2 is 1.88 bits per heavy atom. The van der Waals surface area contributed by atoms with E-state index < -0.39 is 35.3 Å². The zero-order chi connectivity index (χ0) is 17.5. The molecule has 0 saturated carbocycles. The summed E-state index contributed by atoms with van der Waals surface area (Å²) in [6, 6.07) is 6.64. The van der Waals surface area contributed by atoms with Crippen LogP contribution in [0.5, 0.6) is 5.75 Å². The van der Waals surface area contributed by atoms with Gasteiger partial charge in [0.2, 0.25) is 0 Å². The lowest BCUT2D eigenvalue weighted by atomic mass is 10.3. The van der Waals surface area contributed by atoms with Crippen molar-refractivity contribution in [2.24, 2.45) is 0 Å². The highest BCUT2D eigenvalue weighted by molar-refractivity contribution is 5.95. The summed E-state index contributed by atoms with van der Waals surface area (Å²) in [5, 5.41) is 2.53. The second-order valence-corrected chi connectivity index (χ2v) is 4.57. The lowest BCUT2D eigenvalue weighted by Gasteiger charge is -2.07. The van der Waals surface area contributed by atoms with Crippen molar-refractivity contribution >= 4 is 17.6 Å². The maximum absolute atomic E-state index is 11.7. The molecule has 1 aromatic carbocycles.